The summed E-state index contributed by atoms with van der Waals surface area (Å²) in [5.41, 5.74) is 4.75. The summed E-state index contributed by atoms with van der Waals surface area (Å²) in [5.74, 6) is 0. The number of rotatable bonds is 0. The van der Waals surface area contributed by atoms with Crippen LogP contribution in [0.4, 0.5) is 0 Å². The minimum absolute atomic E-state index is 1.12. The highest BCUT2D eigenvalue weighted by atomic mass is 14.7. The minimum atomic E-state index is 1.12. The third kappa shape index (κ3) is 11.8. The van der Waals surface area contributed by atoms with Gasteiger partial charge in [0, 0.05) is 23.8 Å². The molecule has 21 heavy (non-hydrogen) atoms. The molecule has 2 aromatic rings. The summed E-state index contributed by atoms with van der Waals surface area (Å²) in [7, 11) is 0. The van der Waals surface area contributed by atoms with E-state index in [-0.39, 0.29) is 0 Å². The van der Waals surface area contributed by atoms with Crippen LogP contribution in [0, 0.1) is 27.7 Å². The number of hydrogen-bond acceptors (Lipinski definition) is 2. The Labute approximate surface area is 131 Å². The summed E-state index contributed by atoms with van der Waals surface area (Å²) in [5, 5.41) is 0. The van der Waals surface area contributed by atoms with Crippen molar-refractivity contribution in [3.63, 3.8) is 0 Å². The molecule has 0 saturated carbocycles. The van der Waals surface area contributed by atoms with Gasteiger partial charge >= 0.3 is 0 Å². The average molecular weight is 288 g/mol. The first kappa shape index (κ1) is 21.6. The van der Waals surface area contributed by atoms with Gasteiger partial charge in [-0.1, -0.05) is 46.2 Å². The van der Waals surface area contributed by atoms with Crippen LogP contribution < -0.4 is 0 Å². The Morgan fingerprint density at radius 2 is 1.00 bits per heavy atom. The van der Waals surface area contributed by atoms with E-state index in [1.165, 1.54) is 17.5 Å². The number of nitrogens with zero attached hydrogens (tertiary/aromatic N) is 2. The van der Waals surface area contributed by atoms with E-state index < -0.39 is 0 Å². The SMILES string of the molecule is CC.CCC.Cc1cccnc1C.Cc1cccnc1C. The van der Waals surface area contributed by atoms with Gasteiger partial charge in [-0.2, -0.15) is 0 Å². The van der Waals surface area contributed by atoms with Gasteiger partial charge in [-0.25, -0.2) is 0 Å². The van der Waals surface area contributed by atoms with E-state index in [9.17, 15) is 0 Å². The molecule has 0 N–H and O–H groups in total. The molecule has 0 fully saturated rings. The summed E-state index contributed by atoms with van der Waals surface area (Å²) in [4.78, 5) is 8.16. The van der Waals surface area contributed by atoms with Crippen LogP contribution in [0.2, 0.25) is 0 Å². The molecule has 0 aliphatic heterocycles. The highest BCUT2D eigenvalue weighted by Gasteiger charge is 1.86. The van der Waals surface area contributed by atoms with E-state index >= 15 is 0 Å². The Kier molecular flexibility index (Phi) is 15.1. The molecule has 2 rings (SSSR count). The normalized spacial score (nSPS) is 8.19. The summed E-state index contributed by atoms with van der Waals surface area (Å²) in [6.07, 6.45) is 4.87. The maximum absolute atomic E-state index is 4.08. The fourth-order valence-electron chi connectivity index (χ4n) is 1.13. The van der Waals surface area contributed by atoms with Gasteiger partial charge in [0.15, 0.2) is 0 Å². The van der Waals surface area contributed by atoms with Gasteiger partial charge in [-0.15, -0.1) is 0 Å². The van der Waals surface area contributed by atoms with Crippen molar-refractivity contribution < 1.29 is 0 Å². The first-order chi connectivity index (χ1) is 10.0. The molecule has 118 valence electrons. The number of hydrogen-bond donors (Lipinski definition) is 0. The largest absolute Gasteiger partial charge is 0.261 e. The van der Waals surface area contributed by atoms with Gasteiger partial charge < -0.3 is 0 Å². The summed E-state index contributed by atoms with van der Waals surface area (Å²) >= 11 is 0. The molecule has 0 bridgehead atoms. The molecule has 2 heterocycles. The van der Waals surface area contributed by atoms with Crippen molar-refractivity contribution in [3.8, 4) is 0 Å². The Balaban J connectivity index is 0. The summed E-state index contributed by atoms with van der Waals surface area (Å²) in [6, 6.07) is 8.01. The van der Waals surface area contributed by atoms with Crippen molar-refractivity contribution in [1.29, 1.82) is 0 Å². The fraction of sp³-hybridized carbons (Fsp3) is 0.474. The third-order valence-corrected chi connectivity index (χ3v) is 2.54. The van der Waals surface area contributed by atoms with E-state index in [0.29, 0.717) is 0 Å². The first-order valence-electron chi connectivity index (χ1n) is 7.79. The molecular formula is C19H32N2. The molecule has 0 unspecified atom stereocenters. The molecule has 0 aliphatic rings. The molecule has 0 radical (unpaired) electrons. The zero-order valence-electron chi connectivity index (χ0n) is 15.1. The van der Waals surface area contributed by atoms with Crippen molar-refractivity contribution in [1.82, 2.24) is 9.97 Å². The van der Waals surface area contributed by atoms with E-state index in [0.717, 1.165) is 11.4 Å². The van der Waals surface area contributed by atoms with Crippen LogP contribution in [0.5, 0.6) is 0 Å². The Hall–Kier alpha value is -1.70. The summed E-state index contributed by atoms with van der Waals surface area (Å²) in [6.45, 7) is 16.4. The molecule has 0 amide bonds. The quantitative estimate of drug-likeness (QED) is 0.608. The molecule has 2 aromatic heterocycles. The van der Waals surface area contributed by atoms with Gasteiger partial charge in [0.25, 0.3) is 0 Å². The maximum Gasteiger partial charge on any atom is 0.0401 e. The molecule has 0 atom stereocenters. The minimum Gasteiger partial charge on any atom is -0.261 e. The molecule has 0 aliphatic carbocycles. The number of pyridine rings is 2. The second kappa shape index (κ2) is 14.7. The second-order valence-corrected chi connectivity index (χ2v) is 4.52. The van der Waals surface area contributed by atoms with Crippen molar-refractivity contribution in [2.75, 3.05) is 0 Å². The van der Waals surface area contributed by atoms with E-state index in [1.807, 2.05) is 52.2 Å². The number of aromatic nitrogens is 2. The van der Waals surface area contributed by atoms with E-state index in [2.05, 4.69) is 49.8 Å². The van der Waals surface area contributed by atoms with Crippen LogP contribution >= 0.6 is 0 Å². The Morgan fingerprint density at radius 3 is 1.14 bits per heavy atom. The monoisotopic (exact) mass is 288 g/mol. The lowest BCUT2D eigenvalue weighted by Crippen LogP contribution is -1.81. The zero-order valence-corrected chi connectivity index (χ0v) is 15.1. The first-order valence-corrected chi connectivity index (χ1v) is 7.79. The van der Waals surface area contributed by atoms with Crippen molar-refractivity contribution in [3.05, 3.63) is 59.2 Å². The van der Waals surface area contributed by atoms with E-state index in [4.69, 9.17) is 0 Å². The molecule has 0 saturated heterocycles. The van der Waals surface area contributed by atoms with E-state index in [1.54, 1.807) is 0 Å². The van der Waals surface area contributed by atoms with Crippen LogP contribution in [-0.2, 0) is 0 Å². The van der Waals surface area contributed by atoms with Crippen LogP contribution in [-0.4, -0.2) is 9.97 Å². The third-order valence-electron chi connectivity index (χ3n) is 2.54. The van der Waals surface area contributed by atoms with Crippen LogP contribution in [0.3, 0.4) is 0 Å². The van der Waals surface area contributed by atoms with Crippen LogP contribution in [0.25, 0.3) is 0 Å². The van der Waals surface area contributed by atoms with Crippen molar-refractivity contribution in [2.45, 2.75) is 61.8 Å². The smallest absolute Gasteiger partial charge is 0.0401 e. The van der Waals surface area contributed by atoms with Gasteiger partial charge in [0.1, 0.15) is 0 Å². The molecular weight excluding hydrogens is 256 g/mol. The fourth-order valence-corrected chi connectivity index (χ4v) is 1.13. The summed E-state index contributed by atoms with van der Waals surface area (Å²) < 4.78 is 0. The van der Waals surface area contributed by atoms with Crippen molar-refractivity contribution >= 4 is 0 Å². The Morgan fingerprint density at radius 1 is 0.714 bits per heavy atom. The Bertz CT molecular complexity index is 379. The number of aryl methyl sites for hydroxylation is 4. The zero-order chi connectivity index (χ0) is 16.7. The van der Waals surface area contributed by atoms with Crippen LogP contribution in [0.15, 0.2) is 36.7 Å². The van der Waals surface area contributed by atoms with Gasteiger partial charge in [-0.05, 0) is 51.0 Å². The lowest BCUT2D eigenvalue weighted by molar-refractivity contribution is 1.09. The standard InChI is InChI=1S/2C7H9N.C3H8.C2H6/c2*1-6-4-3-5-8-7(6)2;1-3-2;1-2/h2*3-5H,1-2H3;3H2,1-2H3;1-2H3. The molecule has 2 nitrogen and oxygen atoms in total. The predicted molar refractivity (Wildman–Crippen MR) is 94.7 cm³/mol. The second-order valence-electron chi connectivity index (χ2n) is 4.52. The topological polar surface area (TPSA) is 25.8 Å². The highest BCUT2D eigenvalue weighted by Crippen LogP contribution is 1.99. The molecule has 0 aromatic carbocycles. The lowest BCUT2D eigenvalue weighted by Gasteiger charge is -1.92. The van der Waals surface area contributed by atoms with Gasteiger partial charge in [0.05, 0.1) is 0 Å². The maximum atomic E-state index is 4.08. The van der Waals surface area contributed by atoms with Crippen LogP contribution in [0.1, 0.15) is 56.6 Å². The average Bonchev–Trinajstić information content (AvgIpc) is 2.49. The predicted octanol–water partition coefficient (Wildman–Crippen LogP) is 5.84. The van der Waals surface area contributed by atoms with Gasteiger partial charge in [0.2, 0.25) is 0 Å². The van der Waals surface area contributed by atoms with Crippen molar-refractivity contribution in [2.24, 2.45) is 0 Å². The molecule has 0 spiro atoms. The highest BCUT2D eigenvalue weighted by molar-refractivity contribution is 5.15. The van der Waals surface area contributed by atoms with Gasteiger partial charge in [-0.3, -0.25) is 9.97 Å². The molecule has 2 heteroatoms. The lowest BCUT2D eigenvalue weighted by atomic mass is 10.2.